The Bertz CT molecular complexity index is 633. The Morgan fingerprint density at radius 1 is 1.25 bits per heavy atom. The van der Waals surface area contributed by atoms with Crippen LogP contribution in [0.1, 0.15) is 25.8 Å². The zero-order chi connectivity index (χ0) is 19.1. The van der Waals surface area contributed by atoms with Crippen LogP contribution in [-0.2, 0) is 11.3 Å². The lowest BCUT2D eigenvalue weighted by Gasteiger charge is -2.26. The maximum atomic E-state index is 5.96. The van der Waals surface area contributed by atoms with E-state index in [1.807, 2.05) is 13.1 Å². The number of hydrogen-bond acceptors (Lipinski definition) is 4. The van der Waals surface area contributed by atoms with Crippen LogP contribution in [0.2, 0.25) is 0 Å². The van der Waals surface area contributed by atoms with Crippen molar-refractivity contribution in [3.05, 3.63) is 29.8 Å². The van der Waals surface area contributed by atoms with Gasteiger partial charge in [-0.1, -0.05) is 26.0 Å². The molecule has 0 aliphatic carbocycles. The van der Waals surface area contributed by atoms with Gasteiger partial charge in [0.15, 0.2) is 5.96 Å². The molecule has 2 saturated heterocycles. The maximum Gasteiger partial charge on any atom is 0.193 e. The number of likely N-dealkylation sites (tertiary alicyclic amines) is 1. The van der Waals surface area contributed by atoms with Crippen LogP contribution in [0, 0.1) is 5.41 Å². The van der Waals surface area contributed by atoms with Crippen LogP contribution < -0.4 is 10.1 Å². The molecule has 2 aliphatic rings. The van der Waals surface area contributed by atoms with Gasteiger partial charge in [0.05, 0.1) is 13.2 Å². The van der Waals surface area contributed by atoms with Crippen molar-refractivity contribution in [3.63, 3.8) is 0 Å². The second-order valence-corrected chi connectivity index (χ2v) is 8.19. The molecule has 0 unspecified atom stereocenters. The number of guanidine groups is 1. The fraction of sp³-hybridized carbons (Fsp3) is 0.667. The van der Waals surface area contributed by atoms with E-state index >= 15 is 0 Å². The van der Waals surface area contributed by atoms with Gasteiger partial charge in [0.1, 0.15) is 12.4 Å². The number of hydrogen-bond donors (Lipinski definition) is 1. The van der Waals surface area contributed by atoms with Crippen LogP contribution in [-0.4, -0.2) is 75.4 Å². The van der Waals surface area contributed by atoms with Crippen LogP contribution >= 0.6 is 24.0 Å². The molecule has 2 heterocycles. The zero-order valence-corrected chi connectivity index (χ0v) is 19.8. The Kier molecular flexibility index (Phi) is 9.30. The summed E-state index contributed by atoms with van der Waals surface area (Å²) in [5, 5.41) is 3.50. The molecule has 2 fully saturated rings. The molecule has 0 radical (unpaired) electrons. The summed E-state index contributed by atoms with van der Waals surface area (Å²) in [6, 6.07) is 8.33. The van der Waals surface area contributed by atoms with Crippen molar-refractivity contribution >= 4 is 29.9 Å². The normalized spacial score (nSPS) is 20.0. The molecule has 28 heavy (non-hydrogen) atoms. The highest BCUT2D eigenvalue weighted by Gasteiger charge is 2.30. The molecule has 0 amide bonds. The first-order chi connectivity index (χ1) is 13.1. The minimum atomic E-state index is 0. The lowest BCUT2D eigenvalue weighted by molar-refractivity contribution is 0.0322. The summed E-state index contributed by atoms with van der Waals surface area (Å²) in [4.78, 5) is 9.19. The van der Waals surface area contributed by atoms with E-state index < -0.39 is 0 Å². The van der Waals surface area contributed by atoms with Gasteiger partial charge in [0, 0.05) is 46.3 Å². The largest absolute Gasteiger partial charge is 0.492 e. The van der Waals surface area contributed by atoms with Gasteiger partial charge in [-0.15, -0.1) is 24.0 Å². The number of nitrogens with one attached hydrogen (secondary N) is 1. The number of nitrogens with zero attached hydrogens (tertiary/aromatic N) is 3. The fourth-order valence-corrected chi connectivity index (χ4v) is 3.67. The number of halogens is 1. The topological polar surface area (TPSA) is 49.3 Å². The predicted molar refractivity (Wildman–Crippen MR) is 125 cm³/mol. The zero-order valence-electron chi connectivity index (χ0n) is 17.4. The lowest BCUT2D eigenvalue weighted by Crippen LogP contribution is -2.40. The minimum absolute atomic E-state index is 0. The summed E-state index contributed by atoms with van der Waals surface area (Å²) >= 11 is 0. The molecule has 0 bridgehead atoms. The number of morpholine rings is 1. The first kappa shape index (κ1) is 23.2. The van der Waals surface area contributed by atoms with Crippen molar-refractivity contribution in [3.8, 4) is 5.75 Å². The van der Waals surface area contributed by atoms with Gasteiger partial charge in [0.2, 0.25) is 0 Å². The Labute approximate surface area is 186 Å². The molecule has 1 aromatic rings. The van der Waals surface area contributed by atoms with Crippen LogP contribution in [0.15, 0.2) is 29.3 Å². The van der Waals surface area contributed by atoms with Gasteiger partial charge in [-0.2, -0.15) is 0 Å². The van der Waals surface area contributed by atoms with Gasteiger partial charge in [0.25, 0.3) is 0 Å². The third-order valence-corrected chi connectivity index (χ3v) is 5.32. The monoisotopic (exact) mass is 502 g/mol. The van der Waals surface area contributed by atoms with Gasteiger partial charge >= 0.3 is 0 Å². The van der Waals surface area contributed by atoms with Crippen LogP contribution in [0.3, 0.4) is 0 Å². The Morgan fingerprint density at radius 3 is 2.71 bits per heavy atom. The Morgan fingerprint density at radius 2 is 2.04 bits per heavy atom. The molecule has 7 heteroatoms. The van der Waals surface area contributed by atoms with E-state index in [9.17, 15) is 0 Å². The van der Waals surface area contributed by atoms with E-state index in [0.717, 1.165) is 64.2 Å². The second kappa shape index (κ2) is 11.2. The van der Waals surface area contributed by atoms with E-state index in [1.54, 1.807) is 0 Å². The van der Waals surface area contributed by atoms with Crippen LogP contribution in [0.25, 0.3) is 0 Å². The molecule has 0 aromatic heterocycles. The molecular weight excluding hydrogens is 467 g/mol. The molecule has 0 saturated carbocycles. The third kappa shape index (κ3) is 7.08. The van der Waals surface area contributed by atoms with E-state index in [2.05, 4.69) is 52.2 Å². The first-order valence-corrected chi connectivity index (χ1v) is 10.0. The van der Waals surface area contributed by atoms with E-state index in [0.29, 0.717) is 12.0 Å². The molecule has 2 aliphatic heterocycles. The predicted octanol–water partition coefficient (Wildman–Crippen LogP) is 2.82. The molecule has 158 valence electrons. The van der Waals surface area contributed by atoms with Gasteiger partial charge in [-0.3, -0.25) is 9.89 Å². The quantitative estimate of drug-likeness (QED) is 0.369. The molecular formula is C21H35IN4O2. The molecule has 3 rings (SSSR count). The average Bonchev–Trinajstić information content (AvgIpc) is 3.03. The van der Waals surface area contributed by atoms with E-state index in [4.69, 9.17) is 9.47 Å². The average molecular weight is 502 g/mol. The highest BCUT2D eigenvalue weighted by molar-refractivity contribution is 14.0. The molecule has 6 nitrogen and oxygen atoms in total. The van der Waals surface area contributed by atoms with E-state index in [1.165, 1.54) is 12.0 Å². The van der Waals surface area contributed by atoms with Crippen molar-refractivity contribution in [2.75, 3.05) is 59.6 Å². The molecule has 0 atom stereocenters. The minimum Gasteiger partial charge on any atom is -0.492 e. The van der Waals surface area contributed by atoms with Crippen molar-refractivity contribution in [2.24, 2.45) is 10.4 Å². The summed E-state index contributed by atoms with van der Waals surface area (Å²) < 4.78 is 11.3. The smallest absolute Gasteiger partial charge is 0.193 e. The summed E-state index contributed by atoms with van der Waals surface area (Å²) in [5.41, 5.74) is 1.57. The molecule has 1 aromatic carbocycles. The van der Waals surface area contributed by atoms with Gasteiger partial charge < -0.3 is 19.7 Å². The Balaban J connectivity index is 0.00000280. The van der Waals surface area contributed by atoms with Crippen molar-refractivity contribution < 1.29 is 9.47 Å². The SMILES string of the molecule is CN=C(NCc1cccc(OCCN2CCOCC2)c1)N1CCC(C)(C)C1.I. The molecule has 1 N–H and O–H groups in total. The Hall–Kier alpha value is -1.06. The number of ether oxygens (including phenoxy) is 2. The first-order valence-electron chi connectivity index (χ1n) is 10.0. The lowest BCUT2D eigenvalue weighted by atomic mass is 9.93. The summed E-state index contributed by atoms with van der Waals surface area (Å²) in [6.45, 7) is 12.8. The summed E-state index contributed by atoms with van der Waals surface area (Å²) in [6.07, 6.45) is 1.21. The highest BCUT2D eigenvalue weighted by atomic mass is 127. The number of rotatable bonds is 6. The third-order valence-electron chi connectivity index (χ3n) is 5.32. The number of benzene rings is 1. The summed E-state index contributed by atoms with van der Waals surface area (Å²) in [5.74, 6) is 1.92. The standard InChI is InChI=1S/C21H34N4O2.HI/c1-21(2)7-8-25(17-21)20(22-3)23-16-18-5-4-6-19(15-18)27-14-11-24-9-12-26-13-10-24;/h4-6,15H,7-14,16-17H2,1-3H3,(H,22,23);1H. The number of aliphatic imine (C=N–C) groups is 1. The maximum absolute atomic E-state index is 5.96. The van der Waals surface area contributed by atoms with Crippen LogP contribution in [0.4, 0.5) is 0 Å². The summed E-state index contributed by atoms with van der Waals surface area (Å²) in [7, 11) is 1.86. The van der Waals surface area contributed by atoms with E-state index in [-0.39, 0.29) is 24.0 Å². The van der Waals surface area contributed by atoms with Crippen LogP contribution in [0.5, 0.6) is 5.75 Å². The van der Waals surface area contributed by atoms with Gasteiger partial charge in [-0.05, 0) is 29.5 Å². The molecule has 0 spiro atoms. The highest BCUT2D eigenvalue weighted by Crippen LogP contribution is 2.28. The fourth-order valence-electron chi connectivity index (χ4n) is 3.67. The second-order valence-electron chi connectivity index (χ2n) is 8.19. The van der Waals surface area contributed by atoms with Gasteiger partial charge in [-0.25, -0.2) is 0 Å². The van der Waals surface area contributed by atoms with Crippen molar-refractivity contribution in [1.29, 1.82) is 0 Å². The van der Waals surface area contributed by atoms with Crippen molar-refractivity contribution in [2.45, 2.75) is 26.8 Å². The van der Waals surface area contributed by atoms with Crippen molar-refractivity contribution in [1.82, 2.24) is 15.1 Å².